The third-order valence-electron chi connectivity index (χ3n) is 7.80. The molecule has 5 nitrogen and oxygen atoms in total. The molecule has 1 saturated carbocycles. The van der Waals surface area contributed by atoms with Crippen LogP contribution in [-0.2, 0) is 22.5 Å². The van der Waals surface area contributed by atoms with Crippen molar-refractivity contribution in [3.05, 3.63) is 34.9 Å². The SMILES string of the molecule is CC(C)[C@]1(C(=O)N2CCc3ccc(C(=O)C(F)(F)F)cc3C2)CC[C@@H](NC2CCOCC2)C1. The zero-order valence-corrected chi connectivity index (χ0v) is 19.3. The van der Waals surface area contributed by atoms with Gasteiger partial charge in [0.2, 0.25) is 5.91 Å². The molecule has 1 aliphatic carbocycles. The van der Waals surface area contributed by atoms with E-state index in [1.54, 1.807) is 11.0 Å². The first-order chi connectivity index (χ1) is 15.6. The van der Waals surface area contributed by atoms with Gasteiger partial charge >= 0.3 is 6.18 Å². The molecule has 1 aromatic rings. The van der Waals surface area contributed by atoms with Gasteiger partial charge in [-0.1, -0.05) is 26.0 Å². The van der Waals surface area contributed by atoms with Crippen molar-refractivity contribution in [2.75, 3.05) is 19.8 Å². The van der Waals surface area contributed by atoms with Gasteiger partial charge in [-0.25, -0.2) is 0 Å². The molecule has 1 saturated heterocycles. The number of hydrogen-bond acceptors (Lipinski definition) is 4. The molecule has 0 aromatic heterocycles. The second-order valence-corrected chi connectivity index (χ2v) is 10.1. The molecule has 0 unspecified atom stereocenters. The predicted molar refractivity (Wildman–Crippen MR) is 118 cm³/mol. The first-order valence-corrected chi connectivity index (χ1v) is 12.0. The highest BCUT2D eigenvalue weighted by Crippen LogP contribution is 2.46. The van der Waals surface area contributed by atoms with Gasteiger partial charge in [0.05, 0.1) is 5.41 Å². The zero-order chi connectivity index (χ0) is 23.8. The number of ether oxygens (including phenoxy) is 1. The Kier molecular flexibility index (Phi) is 6.87. The van der Waals surface area contributed by atoms with Gasteiger partial charge in [0, 0.05) is 44.0 Å². The van der Waals surface area contributed by atoms with Crippen molar-refractivity contribution in [1.29, 1.82) is 0 Å². The normalized spacial score (nSPS) is 26.5. The van der Waals surface area contributed by atoms with E-state index in [0.717, 1.165) is 50.9 Å². The molecular weight excluding hydrogens is 433 g/mol. The second kappa shape index (κ2) is 9.37. The molecule has 8 heteroatoms. The van der Waals surface area contributed by atoms with Gasteiger partial charge in [0.15, 0.2) is 0 Å². The Labute approximate surface area is 193 Å². The van der Waals surface area contributed by atoms with Crippen LogP contribution in [0, 0.1) is 11.3 Å². The first kappa shape index (κ1) is 24.2. The van der Waals surface area contributed by atoms with Crippen molar-refractivity contribution < 1.29 is 27.5 Å². The molecule has 2 atom stereocenters. The summed E-state index contributed by atoms with van der Waals surface area (Å²) in [5.74, 6) is -1.59. The van der Waals surface area contributed by atoms with Gasteiger partial charge in [0.25, 0.3) is 5.78 Å². The van der Waals surface area contributed by atoms with Gasteiger partial charge in [-0.05, 0) is 61.6 Å². The third kappa shape index (κ3) is 4.97. The van der Waals surface area contributed by atoms with Crippen LogP contribution in [0.5, 0.6) is 0 Å². The van der Waals surface area contributed by atoms with E-state index in [9.17, 15) is 22.8 Å². The molecule has 1 aromatic carbocycles. The van der Waals surface area contributed by atoms with Crippen LogP contribution < -0.4 is 5.32 Å². The molecule has 2 fully saturated rings. The van der Waals surface area contributed by atoms with Crippen LogP contribution in [0.4, 0.5) is 13.2 Å². The van der Waals surface area contributed by atoms with Gasteiger partial charge in [-0.15, -0.1) is 0 Å². The Morgan fingerprint density at radius 2 is 1.85 bits per heavy atom. The average molecular weight is 467 g/mol. The summed E-state index contributed by atoms with van der Waals surface area (Å²) in [6.07, 6.45) is 0.172. The van der Waals surface area contributed by atoms with E-state index in [1.165, 1.54) is 12.1 Å². The van der Waals surface area contributed by atoms with Crippen LogP contribution in [0.1, 0.15) is 67.4 Å². The van der Waals surface area contributed by atoms with Crippen molar-refractivity contribution in [1.82, 2.24) is 10.2 Å². The predicted octanol–water partition coefficient (Wildman–Crippen LogP) is 4.28. The largest absolute Gasteiger partial charge is 0.454 e. The number of ketones is 1. The highest BCUT2D eigenvalue weighted by atomic mass is 19.4. The van der Waals surface area contributed by atoms with Crippen LogP contribution in [-0.4, -0.2) is 54.6 Å². The van der Waals surface area contributed by atoms with Gasteiger partial charge < -0.3 is 15.0 Å². The fourth-order valence-electron chi connectivity index (χ4n) is 5.73. The van der Waals surface area contributed by atoms with E-state index in [-0.39, 0.29) is 30.0 Å². The van der Waals surface area contributed by atoms with Crippen LogP contribution in [0.15, 0.2) is 18.2 Å². The minimum Gasteiger partial charge on any atom is -0.381 e. The first-order valence-electron chi connectivity index (χ1n) is 12.0. The number of hydrogen-bond donors (Lipinski definition) is 1. The van der Waals surface area contributed by atoms with Crippen LogP contribution in [0.25, 0.3) is 0 Å². The Hall–Kier alpha value is -1.93. The maximum Gasteiger partial charge on any atom is 0.454 e. The summed E-state index contributed by atoms with van der Waals surface area (Å²) in [7, 11) is 0. The maximum atomic E-state index is 13.8. The Morgan fingerprint density at radius 1 is 1.12 bits per heavy atom. The highest BCUT2D eigenvalue weighted by Gasteiger charge is 2.50. The summed E-state index contributed by atoms with van der Waals surface area (Å²) in [6, 6.07) is 4.86. The molecule has 0 radical (unpaired) electrons. The second-order valence-electron chi connectivity index (χ2n) is 10.1. The molecule has 2 aliphatic heterocycles. The summed E-state index contributed by atoms with van der Waals surface area (Å²) in [5, 5.41) is 3.74. The van der Waals surface area contributed by atoms with Crippen LogP contribution >= 0.6 is 0 Å². The number of carbonyl (C=O) groups excluding carboxylic acids is 2. The summed E-state index contributed by atoms with van der Waals surface area (Å²) in [6.45, 7) is 6.51. The molecule has 3 aliphatic rings. The van der Waals surface area contributed by atoms with Crippen molar-refractivity contribution in [2.24, 2.45) is 11.3 Å². The smallest absolute Gasteiger partial charge is 0.381 e. The van der Waals surface area contributed by atoms with E-state index in [4.69, 9.17) is 4.74 Å². The van der Waals surface area contributed by atoms with E-state index in [2.05, 4.69) is 19.2 Å². The van der Waals surface area contributed by atoms with Crippen molar-refractivity contribution >= 4 is 11.7 Å². The lowest BCUT2D eigenvalue weighted by Crippen LogP contribution is -2.49. The van der Waals surface area contributed by atoms with Crippen LogP contribution in [0.3, 0.4) is 0 Å². The molecular formula is C25H33F3N2O3. The number of halogens is 3. The summed E-state index contributed by atoms with van der Waals surface area (Å²) in [5.41, 5.74) is 0.704. The van der Waals surface area contributed by atoms with Crippen molar-refractivity contribution in [2.45, 2.75) is 77.2 Å². The molecule has 0 spiro atoms. The lowest BCUT2D eigenvalue weighted by Gasteiger charge is -2.40. The number of nitrogens with one attached hydrogen (secondary N) is 1. The third-order valence-corrected chi connectivity index (χ3v) is 7.80. The monoisotopic (exact) mass is 466 g/mol. The summed E-state index contributed by atoms with van der Waals surface area (Å²) < 4.78 is 44.1. The zero-order valence-electron chi connectivity index (χ0n) is 19.3. The lowest BCUT2D eigenvalue weighted by atomic mass is 9.73. The number of fused-ring (bicyclic) bond motifs is 1. The maximum absolute atomic E-state index is 13.8. The van der Waals surface area contributed by atoms with E-state index in [1.807, 2.05) is 0 Å². The Bertz CT molecular complexity index is 895. The number of benzene rings is 1. The number of Topliss-reactive ketones (excluding diaryl/α,β-unsaturated/α-hetero) is 1. The molecule has 182 valence electrons. The molecule has 1 amide bonds. The molecule has 4 rings (SSSR count). The molecule has 2 heterocycles. The highest BCUT2D eigenvalue weighted by molar-refractivity contribution is 6.00. The number of carbonyl (C=O) groups is 2. The Morgan fingerprint density at radius 3 is 2.52 bits per heavy atom. The minimum absolute atomic E-state index is 0.0898. The molecule has 1 N–H and O–H groups in total. The summed E-state index contributed by atoms with van der Waals surface area (Å²) >= 11 is 0. The number of amides is 1. The van der Waals surface area contributed by atoms with E-state index >= 15 is 0 Å². The van der Waals surface area contributed by atoms with E-state index < -0.39 is 17.4 Å². The minimum atomic E-state index is -4.91. The lowest BCUT2D eigenvalue weighted by molar-refractivity contribution is -0.145. The number of rotatable bonds is 5. The number of alkyl halides is 3. The van der Waals surface area contributed by atoms with Crippen LogP contribution in [0.2, 0.25) is 0 Å². The van der Waals surface area contributed by atoms with Crippen molar-refractivity contribution in [3.63, 3.8) is 0 Å². The topological polar surface area (TPSA) is 58.6 Å². The van der Waals surface area contributed by atoms with Gasteiger partial charge in [0.1, 0.15) is 0 Å². The van der Waals surface area contributed by atoms with Gasteiger partial charge in [-0.2, -0.15) is 13.2 Å². The van der Waals surface area contributed by atoms with Gasteiger partial charge in [-0.3, -0.25) is 9.59 Å². The quantitative estimate of drug-likeness (QED) is 0.659. The molecule has 33 heavy (non-hydrogen) atoms. The fourth-order valence-corrected chi connectivity index (χ4v) is 5.73. The summed E-state index contributed by atoms with van der Waals surface area (Å²) in [4.78, 5) is 27.3. The van der Waals surface area contributed by atoms with E-state index in [0.29, 0.717) is 24.6 Å². The fraction of sp³-hybridized carbons (Fsp3) is 0.680. The average Bonchev–Trinajstić information content (AvgIpc) is 3.22. The Balaban J connectivity index is 1.48. The van der Waals surface area contributed by atoms with Crippen molar-refractivity contribution in [3.8, 4) is 0 Å². The molecule has 0 bridgehead atoms. The standard InChI is InChI=1S/C25H33F3N2O3/c1-16(2)24(9-5-21(14-24)29-20-7-11-33-12-8-20)23(32)30-10-6-17-3-4-18(13-19(17)15-30)22(31)25(26,27)28/h3-4,13,16,20-21,29H,5-12,14-15H2,1-2H3/t21-,24+/m1/s1. The number of nitrogens with zero attached hydrogens (tertiary/aromatic N) is 1.